The van der Waals surface area contributed by atoms with E-state index in [2.05, 4.69) is 0 Å². The maximum atomic E-state index is 12.3. The first-order valence-corrected chi connectivity index (χ1v) is 9.17. The van der Waals surface area contributed by atoms with E-state index >= 15 is 0 Å². The number of hydrogen-bond acceptors (Lipinski definition) is 5. The molecule has 0 N–H and O–H groups in total. The van der Waals surface area contributed by atoms with Gasteiger partial charge in [0.15, 0.2) is 12.4 Å². The molecule has 1 aromatic rings. The van der Waals surface area contributed by atoms with Crippen LogP contribution < -0.4 is 0 Å². The van der Waals surface area contributed by atoms with Crippen LogP contribution in [0, 0.1) is 0 Å². The molecular formula is C16H15Cl2NO4S. The first-order valence-electron chi connectivity index (χ1n) is 7.43. The lowest BCUT2D eigenvalue weighted by Gasteiger charge is -2.29. The molecule has 2 heterocycles. The lowest BCUT2D eigenvalue weighted by atomic mass is 10.1. The highest BCUT2D eigenvalue weighted by atomic mass is 35.5. The number of nitrogens with zero attached hydrogens (tertiary/aromatic N) is 1. The number of carbonyl (C=O) groups is 3. The minimum Gasteiger partial charge on any atom is -0.456 e. The average molecular weight is 388 g/mol. The van der Waals surface area contributed by atoms with Crippen molar-refractivity contribution in [1.82, 2.24) is 4.90 Å². The summed E-state index contributed by atoms with van der Waals surface area (Å²) < 4.78 is 5.14. The number of thioether (sulfide) groups is 1. The predicted molar refractivity (Wildman–Crippen MR) is 92.5 cm³/mol. The van der Waals surface area contributed by atoms with Crippen LogP contribution in [0.3, 0.4) is 0 Å². The Morgan fingerprint density at radius 2 is 2.12 bits per heavy atom. The van der Waals surface area contributed by atoms with E-state index in [4.69, 9.17) is 27.9 Å². The van der Waals surface area contributed by atoms with Crippen molar-refractivity contribution in [2.75, 3.05) is 12.4 Å². The lowest BCUT2D eigenvalue weighted by Crippen LogP contribution is -2.46. The van der Waals surface area contributed by atoms with Crippen LogP contribution >= 0.6 is 35.0 Å². The third-order valence-corrected chi connectivity index (χ3v) is 6.55. The molecule has 0 radical (unpaired) electrons. The van der Waals surface area contributed by atoms with Crippen LogP contribution in [0.1, 0.15) is 30.1 Å². The highest BCUT2D eigenvalue weighted by Crippen LogP contribution is 2.47. The van der Waals surface area contributed by atoms with Crippen LogP contribution in [0.5, 0.6) is 0 Å². The summed E-state index contributed by atoms with van der Waals surface area (Å²) in [6.07, 6.45) is 1.16. The number of esters is 1. The standard InChI is InChI=1S/C16H15Cl2NO4S/c1-16-5-4-14(21)19(16)12(8-24-16)15(22)23-7-13(20)9-2-3-10(17)11(18)6-9/h2-3,6,12H,4-5,7-8H2,1H3/t12-,16+/m0/s1. The number of Topliss-reactive ketones (excluding diaryl/α,β-unsaturated/α-hetero) is 1. The van der Waals surface area contributed by atoms with Gasteiger partial charge in [0.1, 0.15) is 6.04 Å². The van der Waals surface area contributed by atoms with Gasteiger partial charge in [0, 0.05) is 17.7 Å². The van der Waals surface area contributed by atoms with Gasteiger partial charge in [-0.2, -0.15) is 0 Å². The second-order valence-corrected chi connectivity index (χ2v) is 8.24. The zero-order chi connectivity index (χ0) is 17.5. The fraction of sp³-hybridized carbons (Fsp3) is 0.438. The van der Waals surface area contributed by atoms with E-state index in [9.17, 15) is 14.4 Å². The average Bonchev–Trinajstić information content (AvgIpc) is 3.04. The van der Waals surface area contributed by atoms with Gasteiger partial charge in [0.25, 0.3) is 0 Å². The molecular weight excluding hydrogens is 373 g/mol. The van der Waals surface area contributed by atoms with E-state index in [0.717, 1.165) is 6.42 Å². The summed E-state index contributed by atoms with van der Waals surface area (Å²) in [7, 11) is 0. The van der Waals surface area contributed by atoms with Gasteiger partial charge in [-0.3, -0.25) is 9.59 Å². The minimum atomic E-state index is -0.628. The van der Waals surface area contributed by atoms with Crippen molar-refractivity contribution in [2.45, 2.75) is 30.7 Å². The smallest absolute Gasteiger partial charge is 0.330 e. The van der Waals surface area contributed by atoms with Crippen molar-refractivity contribution in [3.8, 4) is 0 Å². The number of ketones is 1. The largest absolute Gasteiger partial charge is 0.456 e. The molecule has 2 fully saturated rings. The molecule has 1 aromatic carbocycles. The molecule has 0 aromatic heterocycles. The monoisotopic (exact) mass is 387 g/mol. The number of hydrogen-bond donors (Lipinski definition) is 0. The maximum Gasteiger partial charge on any atom is 0.330 e. The fourth-order valence-electron chi connectivity index (χ4n) is 2.98. The summed E-state index contributed by atoms with van der Waals surface area (Å²) in [6.45, 7) is 1.56. The zero-order valence-corrected chi connectivity index (χ0v) is 15.2. The summed E-state index contributed by atoms with van der Waals surface area (Å²) in [4.78, 5) is 37.7. The van der Waals surface area contributed by atoms with Crippen molar-refractivity contribution in [1.29, 1.82) is 0 Å². The molecule has 2 aliphatic rings. The lowest BCUT2D eigenvalue weighted by molar-refractivity contribution is -0.152. The van der Waals surface area contributed by atoms with E-state index in [1.165, 1.54) is 18.2 Å². The number of fused-ring (bicyclic) bond motifs is 1. The molecule has 0 spiro atoms. The maximum absolute atomic E-state index is 12.3. The summed E-state index contributed by atoms with van der Waals surface area (Å²) in [6, 6.07) is 3.85. The van der Waals surface area contributed by atoms with Gasteiger partial charge >= 0.3 is 5.97 Å². The molecule has 128 valence electrons. The number of amides is 1. The van der Waals surface area contributed by atoms with Gasteiger partial charge in [0.05, 0.1) is 14.9 Å². The molecule has 0 aliphatic carbocycles. The van der Waals surface area contributed by atoms with E-state index < -0.39 is 18.6 Å². The molecule has 0 bridgehead atoms. The quantitative estimate of drug-likeness (QED) is 0.586. The van der Waals surface area contributed by atoms with Crippen molar-refractivity contribution in [3.63, 3.8) is 0 Å². The Kier molecular flexibility index (Phi) is 4.82. The number of ether oxygens (including phenoxy) is 1. The predicted octanol–water partition coefficient (Wildman–Crippen LogP) is 3.17. The highest BCUT2D eigenvalue weighted by molar-refractivity contribution is 8.01. The van der Waals surface area contributed by atoms with Crippen LogP contribution in [0.4, 0.5) is 0 Å². The molecule has 1 amide bonds. The Labute approximate surface area is 153 Å². The van der Waals surface area contributed by atoms with E-state index in [0.29, 0.717) is 22.8 Å². The van der Waals surface area contributed by atoms with E-state index in [1.54, 1.807) is 16.7 Å². The van der Waals surface area contributed by atoms with Crippen LogP contribution in [0.25, 0.3) is 0 Å². The first-order chi connectivity index (χ1) is 11.3. The Balaban J connectivity index is 1.62. The van der Waals surface area contributed by atoms with Gasteiger partial charge in [-0.1, -0.05) is 23.2 Å². The molecule has 0 saturated carbocycles. The minimum absolute atomic E-state index is 0.0414. The summed E-state index contributed by atoms with van der Waals surface area (Å²) in [5, 5.41) is 0.611. The van der Waals surface area contributed by atoms with E-state index in [-0.39, 0.29) is 21.6 Å². The third-order valence-electron chi connectivity index (χ3n) is 4.30. The number of carbonyl (C=O) groups excluding carboxylic acids is 3. The van der Waals surface area contributed by atoms with Crippen LogP contribution in [-0.4, -0.2) is 45.8 Å². The fourth-order valence-corrected chi connectivity index (χ4v) is 4.70. The molecule has 2 atom stereocenters. The number of benzene rings is 1. The molecule has 3 rings (SSSR count). The molecule has 5 nitrogen and oxygen atoms in total. The topological polar surface area (TPSA) is 63.7 Å². The molecule has 2 saturated heterocycles. The Morgan fingerprint density at radius 1 is 1.38 bits per heavy atom. The van der Waals surface area contributed by atoms with Crippen LogP contribution in [0.2, 0.25) is 10.0 Å². The van der Waals surface area contributed by atoms with Gasteiger partial charge in [-0.15, -0.1) is 11.8 Å². The van der Waals surface area contributed by atoms with Crippen molar-refractivity contribution in [2.24, 2.45) is 0 Å². The Hall–Kier alpha value is -1.24. The summed E-state index contributed by atoms with van der Waals surface area (Å²) in [5.74, 6) is -0.472. The SMILES string of the molecule is C[C@@]12CCC(=O)N1[C@H](C(=O)OCC(=O)c1ccc(Cl)c(Cl)c1)CS2. The van der Waals surface area contributed by atoms with Gasteiger partial charge < -0.3 is 9.64 Å². The van der Waals surface area contributed by atoms with Crippen LogP contribution in [-0.2, 0) is 14.3 Å². The van der Waals surface area contributed by atoms with Gasteiger partial charge in [-0.05, 0) is 31.5 Å². The molecule has 2 aliphatic heterocycles. The summed E-state index contributed by atoms with van der Waals surface area (Å²) >= 11 is 13.3. The molecule has 0 unspecified atom stereocenters. The van der Waals surface area contributed by atoms with Crippen LogP contribution in [0.15, 0.2) is 18.2 Å². The Bertz CT molecular complexity index is 726. The number of rotatable bonds is 4. The highest BCUT2D eigenvalue weighted by Gasteiger charge is 2.53. The first kappa shape index (κ1) is 17.6. The zero-order valence-electron chi connectivity index (χ0n) is 12.9. The van der Waals surface area contributed by atoms with E-state index in [1.807, 2.05) is 6.92 Å². The van der Waals surface area contributed by atoms with Gasteiger partial charge in [-0.25, -0.2) is 4.79 Å². The van der Waals surface area contributed by atoms with Crippen molar-refractivity contribution < 1.29 is 19.1 Å². The molecule has 8 heteroatoms. The van der Waals surface area contributed by atoms with Crippen molar-refractivity contribution in [3.05, 3.63) is 33.8 Å². The second kappa shape index (κ2) is 6.58. The summed E-state index contributed by atoms with van der Waals surface area (Å²) in [5.41, 5.74) is 0.320. The van der Waals surface area contributed by atoms with Gasteiger partial charge in [0.2, 0.25) is 5.91 Å². The Morgan fingerprint density at radius 3 is 2.83 bits per heavy atom. The number of halogens is 2. The molecule has 24 heavy (non-hydrogen) atoms. The third kappa shape index (κ3) is 3.15. The normalized spacial score (nSPS) is 25.7. The second-order valence-electron chi connectivity index (χ2n) is 5.93. The van der Waals surface area contributed by atoms with Crippen molar-refractivity contribution >= 4 is 52.6 Å².